The largest absolute Gasteiger partial charge is 0.316 e. The first-order chi connectivity index (χ1) is 7.31. The van der Waals surface area contributed by atoms with Gasteiger partial charge in [-0.2, -0.15) is 0 Å². The summed E-state index contributed by atoms with van der Waals surface area (Å²) in [5.74, 6) is 0.836. The van der Waals surface area contributed by atoms with Gasteiger partial charge in [-0.3, -0.25) is 4.79 Å². The molecule has 2 N–H and O–H groups in total. The summed E-state index contributed by atoms with van der Waals surface area (Å²) in [4.78, 5) is 19.2. The molecular formula is C11H17N3O. The summed E-state index contributed by atoms with van der Waals surface area (Å²) in [7, 11) is 0. The van der Waals surface area contributed by atoms with Crippen LogP contribution in [0.25, 0.3) is 0 Å². The molecule has 82 valence electrons. The molecule has 0 fully saturated rings. The Balaban J connectivity index is 2.39. The van der Waals surface area contributed by atoms with Gasteiger partial charge in [-0.25, -0.2) is 4.98 Å². The van der Waals surface area contributed by atoms with E-state index >= 15 is 0 Å². The van der Waals surface area contributed by atoms with Crippen molar-refractivity contribution in [3.05, 3.63) is 27.4 Å². The predicted molar refractivity (Wildman–Crippen MR) is 59.1 cm³/mol. The van der Waals surface area contributed by atoms with Gasteiger partial charge in [0.05, 0.1) is 5.69 Å². The van der Waals surface area contributed by atoms with Crippen molar-refractivity contribution in [1.82, 2.24) is 15.3 Å². The average Bonchev–Trinajstić information content (AvgIpc) is 2.43. The highest BCUT2D eigenvalue weighted by Crippen LogP contribution is 2.06. The van der Waals surface area contributed by atoms with Crippen LogP contribution in [0.4, 0.5) is 0 Å². The molecule has 0 unspecified atom stereocenters. The van der Waals surface area contributed by atoms with Crippen molar-refractivity contribution in [3.63, 3.8) is 0 Å². The fraction of sp³-hybridized carbons (Fsp3) is 0.636. The summed E-state index contributed by atoms with van der Waals surface area (Å²) in [6, 6.07) is 0. The molecule has 0 amide bonds. The first kappa shape index (κ1) is 10.4. The van der Waals surface area contributed by atoms with Gasteiger partial charge in [-0.15, -0.1) is 0 Å². The van der Waals surface area contributed by atoms with E-state index in [0.29, 0.717) is 0 Å². The number of nitrogens with one attached hydrogen (secondary N) is 2. The predicted octanol–water partition coefficient (Wildman–Crippen LogP) is 0.411. The monoisotopic (exact) mass is 207 g/mol. The lowest BCUT2D eigenvalue weighted by Crippen LogP contribution is -2.20. The van der Waals surface area contributed by atoms with E-state index in [9.17, 15) is 4.79 Å². The van der Waals surface area contributed by atoms with E-state index in [1.807, 2.05) is 0 Å². The van der Waals surface area contributed by atoms with E-state index in [1.165, 1.54) is 0 Å². The number of aromatic nitrogens is 2. The van der Waals surface area contributed by atoms with E-state index in [1.54, 1.807) is 0 Å². The minimum absolute atomic E-state index is 0.0622. The topological polar surface area (TPSA) is 57.8 Å². The van der Waals surface area contributed by atoms with Gasteiger partial charge in [0, 0.05) is 24.9 Å². The van der Waals surface area contributed by atoms with Crippen LogP contribution in [0.5, 0.6) is 0 Å². The molecule has 0 saturated carbocycles. The van der Waals surface area contributed by atoms with Gasteiger partial charge < -0.3 is 10.3 Å². The quantitative estimate of drug-likeness (QED) is 0.738. The van der Waals surface area contributed by atoms with E-state index < -0.39 is 0 Å². The van der Waals surface area contributed by atoms with Gasteiger partial charge in [-0.1, -0.05) is 6.92 Å². The van der Waals surface area contributed by atoms with Crippen molar-refractivity contribution in [1.29, 1.82) is 0 Å². The zero-order chi connectivity index (χ0) is 10.7. The molecule has 2 heterocycles. The molecule has 0 saturated heterocycles. The van der Waals surface area contributed by atoms with Crippen LogP contribution in [-0.2, 0) is 19.3 Å². The third-order valence-corrected chi connectivity index (χ3v) is 2.73. The summed E-state index contributed by atoms with van der Waals surface area (Å²) in [5.41, 5.74) is 1.93. The number of aromatic amines is 1. The van der Waals surface area contributed by atoms with Gasteiger partial charge in [-0.05, 0) is 19.4 Å². The first-order valence-electron chi connectivity index (χ1n) is 5.63. The van der Waals surface area contributed by atoms with Gasteiger partial charge >= 0.3 is 0 Å². The Labute approximate surface area is 89.1 Å². The maximum Gasteiger partial charge on any atom is 0.254 e. The number of hydrogen-bond acceptors (Lipinski definition) is 3. The Kier molecular flexibility index (Phi) is 3.16. The highest BCUT2D eigenvalue weighted by atomic mass is 16.1. The van der Waals surface area contributed by atoms with E-state index in [2.05, 4.69) is 22.2 Å². The number of nitrogens with zero attached hydrogens (tertiary/aromatic N) is 1. The zero-order valence-electron chi connectivity index (χ0n) is 9.10. The molecule has 0 radical (unpaired) electrons. The second kappa shape index (κ2) is 4.57. The average molecular weight is 207 g/mol. The second-order valence-corrected chi connectivity index (χ2v) is 3.94. The number of aryl methyl sites for hydroxylation is 1. The number of H-pyrrole nitrogens is 1. The summed E-state index contributed by atoms with van der Waals surface area (Å²) >= 11 is 0. The van der Waals surface area contributed by atoms with Gasteiger partial charge in [0.15, 0.2) is 0 Å². The normalized spacial score (nSPS) is 15.8. The number of rotatable bonds is 2. The van der Waals surface area contributed by atoms with Gasteiger partial charge in [0.2, 0.25) is 0 Å². The van der Waals surface area contributed by atoms with Crippen molar-refractivity contribution in [2.24, 2.45) is 0 Å². The summed E-state index contributed by atoms with van der Waals surface area (Å²) in [5, 5.41) is 3.28. The lowest BCUT2D eigenvalue weighted by molar-refractivity contribution is 0.707. The maximum absolute atomic E-state index is 11.8. The van der Waals surface area contributed by atoms with Crippen molar-refractivity contribution in [2.45, 2.75) is 32.6 Å². The molecule has 2 rings (SSSR count). The lowest BCUT2D eigenvalue weighted by Gasteiger charge is -2.05. The molecule has 1 aliphatic rings. The fourth-order valence-electron chi connectivity index (χ4n) is 1.96. The van der Waals surface area contributed by atoms with Crippen molar-refractivity contribution in [2.75, 3.05) is 13.1 Å². The Morgan fingerprint density at radius 2 is 2.13 bits per heavy atom. The smallest absolute Gasteiger partial charge is 0.254 e. The van der Waals surface area contributed by atoms with Crippen LogP contribution < -0.4 is 10.9 Å². The van der Waals surface area contributed by atoms with Gasteiger partial charge in [0.1, 0.15) is 5.82 Å². The maximum atomic E-state index is 11.8. The minimum atomic E-state index is 0.0622. The highest BCUT2D eigenvalue weighted by Gasteiger charge is 2.13. The Morgan fingerprint density at radius 3 is 2.93 bits per heavy atom. The molecule has 15 heavy (non-hydrogen) atoms. The fourth-order valence-corrected chi connectivity index (χ4v) is 1.96. The summed E-state index contributed by atoms with van der Waals surface area (Å²) < 4.78 is 0. The minimum Gasteiger partial charge on any atom is -0.316 e. The highest BCUT2D eigenvalue weighted by molar-refractivity contribution is 5.20. The SMILES string of the molecule is CCCc1nc2c(c(=O)[nH]1)CCNCC2. The van der Waals surface area contributed by atoms with Crippen LogP contribution in [0.2, 0.25) is 0 Å². The summed E-state index contributed by atoms with van der Waals surface area (Å²) in [6.45, 7) is 3.90. The van der Waals surface area contributed by atoms with Gasteiger partial charge in [0.25, 0.3) is 5.56 Å². The molecule has 1 aromatic heterocycles. The van der Waals surface area contributed by atoms with Crippen molar-refractivity contribution in [3.8, 4) is 0 Å². The van der Waals surface area contributed by atoms with Crippen LogP contribution in [0.1, 0.15) is 30.4 Å². The van der Waals surface area contributed by atoms with Crippen LogP contribution in [0.15, 0.2) is 4.79 Å². The van der Waals surface area contributed by atoms with Crippen LogP contribution in [0, 0.1) is 0 Å². The second-order valence-electron chi connectivity index (χ2n) is 3.94. The standard InChI is InChI=1S/C11H17N3O/c1-2-3-10-13-9-5-7-12-6-4-8(9)11(15)14-10/h12H,2-7H2,1H3,(H,13,14,15). The molecule has 1 aliphatic heterocycles. The van der Waals surface area contributed by atoms with Crippen molar-refractivity contribution >= 4 is 0 Å². The molecular weight excluding hydrogens is 190 g/mol. The van der Waals surface area contributed by atoms with Crippen LogP contribution >= 0.6 is 0 Å². The van der Waals surface area contributed by atoms with E-state index in [4.69, 9.17) is 0 Å². The van der Waals surface area contributed by atoms with Crippen LogP contribution in [0.3, 0.4) is 0 Å². The molecule has 1 aromatic rings. The molecule has 0 spiro atoms. The molecule has 4 heteroatoms. The third-order valence-electron chi connectivity index (χ3n) is 2.73. The Bertz CT molecular complexity index is 397. The molecule has 0 atom stereocenters. The Hall–Kier alpha value is -1.16. The summed E-state index contributed by atoms with van der Waals surface area (Å²) in [6.07, 6.45) is 3.54. The zero-order valence-corrected chi connectivity index (χ0v) is 9.10. The lowest BCUT2D eigenvalue weighted by atomic mass is 10.1. The van der Waals surface area contributed by atoms with E-state index in [-0.39, 0.29) is 5.56 Å². The molecule has 0 bridgehead atoms. The van der Waals surface area contributed by atoms with Crippen LogP contribution in [-0.4, -0.2) is 23.1 Å². The van der Waals surface area contributed by atoms with E-state index in [0.717, 1.165) is 55.9 Å². The molecule has 0 aliphatic carbocycles. The number of fused-ring (bicyclic) bond motifs is 1. The third kappa shape index (κ3) is 2.26. The van der Waals surface area contributed by atoms with Crippen molar-refractivity contribution < 1.29 is 0 Å². The Morgan fingerprint density at radius 1 is 1.33 bits per heavy atom. The molecule has 4 nitrogen and oxygen atoms in total. The molecule has 0 aromatic carbocycles. The first-order valence-corrected chi connectivity index (χ1v) is 5.63. The number of hydrogen-bond donors (Lipinski definition) is 2.